The minimum absolute atomic E-state index is 0.202. The number of hydrogen-bond donors (Lipinski definition) is 1. The summed E-state index contributed by atoms with van der Waals surface area (Å²) in [6, 6.07) is 0. The van der Waals surface area contributed by atoms with Crippen molar-refractivity contribution in [3.05, 3.63) is 28.3 Å². The normalized spacial score (nSPS) is 15.1. The van der Waals surface area contributed by atoms with Gasteiger partial charge in [-0.1, -0.05) is 0 Å². The number of nitrogens with two attached hydrogens (primary N) is 1. The van der Waals surface area contributed by atoms with E-state index in [1.807, 2.05) is 0 Å². The van der Waals surface area contributed by atoms with Crippen LogP contribution in [0.25, 0.3) is 6.08 Å². The fraction of sp³-hybridized carbons (Fsp3) is 0. The molecule has 72 valence electrons. The standard InChI is InChI=1S/C9H5N5O/c10-8(15)5-1-4-7-6(12-3-13-7)2-11-9(4)14-5/h1-3H,(H2,10,15). The van der Waals surface area contributed by atoms with Crippen molar-refractivity contribution >= 4 is 24.0 Å². The Morgan fingerprint density at radius 3 is 3.07 bits per heavy atom. The van der Waals surface area contributed by atoms with Gasteiger partial charge >= 0.3 is 0 Å². The number of carbonyl (C=O) groups is 1. The topological polar surface area (TPSA) is 93.1 Å². The van der Waals surface area contributed by atoms with Crippen molar-refractivity contribution in [3.63, 3.8) is 0 Å². The highest BCUT2D eigenvalue weighted by Gasteiger charge is 2.17. The predicted molar refractivity (Wildman–Crippen MR) is 51.9 cm³/mol. The van der Waals surface area contributed by atoms with E-state index in [9.17, 15) is 4.79 Å². The summed E-state index contributed by atoms with van der Waals surface area (Å²) in [5.41, 5.74) is 7.20. The fourth-order valence-electron chi connectivity index (χ4n) is 1.51. The Morgan fingerprint density at radius 2 is 2.27 bits per heavy atom. The van der Waals surface area contributed by atoms with Crippen molar-refractivity contribution in [1.29, 1.82) is 0 Å². The average Bonchev–Trinajstić information content (AvgIpc) is 2.82. The first-order valence-corrected chi connectivity index (χ1v) is 4.25. The van der Waals surface area contributed by atoms with Crippen LogP contribution in [0.15, 0.2) is 26.9 Å². The van der Waals surface area contributed by atoms with Crippen LogP contribution >= 0.6 is 0 Å². The summed E-state index contributed by atoms with van der Waals surface area (Å²) in [7, 11) is 0. The van der Waals surface area contributed by atoms with Crippen molar-refractivity contribution in [2.75, 3.05) is 0 Å². The third-order valence-electron chi connectivity index (χ3n) is 2.19. The second-order valence-corrected chi connectivity index (χ2v) is 3.11. The summed E-state index contributed by atoms with van der Waals surface area (Å²) in [6.07, 6.45) is 4.60. The van der Waals surface area contributed by atoms with Gasteiger partial charge < -0.3 is 5.73 Å². The van der Waals surface area contributed by atoms with E-state index in [1.165, 1.54) is 6.34 Å². The van der Waals surface area contributed by atoms with Gasteiger partial charge in [-0.05, 0) is 6.08 Å². The molecule has 15 heavy (non-hydrogen) atoms. The number of nitrogens with zero attached hydrogens (tertiary/aromatic N) is 4. The molecule has 3 heterocycles. The molecule has 6 nitrogen and oxygen atoms in total. The first kappa shape index (κ1) is 7.98. The molecule has 3 rings (SSSR count). The van der Waals surface area contributed by atoms with E-state index in [4.69, 9.17) is 5.73 Å². The van der Waals surface area contributed by atoms with Gasteiger partial charge in [-0.2, -0.15) is 0 Å². The Morgan fingerprint density at radius 1 is 1.40 bits per heavy atom. The number of hydrogen-bond acceptors (Lipinski definition) is 5. The van der Waals surface area contributed by atoms with Crippen molar-refractivity contribution < 1.29 is 4.79 Å². The first-order chi connectivity index (χ1) is 7.25. The minimum Gasteiger partial charge on any atom is -0.364 e. The summed E-state index contributed by atoms with van der Waals surface area (Å²) >= 11 is 0. The lowest BCUT2D eigenvalue weighted by Gasteiger charge is -1.92. The maximum absolute atomic E-state index is 10.9. The zero-order valence-corrected chi connectivity index (χ0v) is 7.51. The number of rotatable bonds is 1. The van der Waals surface area contributed by atoms with Crippen LogP contribution in [0.1, 0.15) is 5.56 Å². The lowest BCUT2D eigenvalue weighted by Crippen LogP contribution is -2.16. The summed E-state index contributed by atoms with van der Waals surface area (Å²) < 4.78 is 0. The van der Waals surface area contributed by atoms with E-state index in [2.05, 4.69) is 20.0 Å². The van der Waals surface area contributed by atoms with Gasteiger partial charge in [-0.25, -0.2) is 20.0 Å². The zero-order valence-electron chi connectivity index (χ0n) is 7.51. The van der Waals surface area contributed by atoms with Crippen molar-refractivity contribution in [1.82, 2.24) is 4.98 Å². The molecule has 0 spiro atoms. The molecule has 0 bridgehead atoms. The minimum atomic E-state index is -0.569. The maximum Gasteiger partial charge on any atom is 0.267 e. The van der Waals surface area contributed by atoms with E-state index in [0.29, 0.717) is 22.1 Å². The molecular formula is C9H5N5O. The van der Waals surface area contributed by atoms with Crippen LogP contribution < -0.4 is 16.6 Å². The molecule has 6 heteroatoms. The fourth-order valence-corrected chi connectivity index (χ4v) is 1.51. The Bertz CT molecular complexity index is 656. The number of carbonyl (C=O) groups excluding carboxylic acids is 1. The third kappa shape index (κ3) is 1.01. The largest absolute Gasteiger partial charge is 0.364 e. The monoisotopic (exact) mass is 199 g/mol. The molecule has 0 atom stereocenters. The third-order valence-corrected chi connectivity index (χ3v) is 2.19. The quantitative estimate of drug-likeness (QED) is 0.617. The molecule has 0 radical (unpaired) electrons. The summed E-state index contributed by atoms with van der Waals surface area (Å²) in [4.78, 5) is 27.1. The molecule has 0 aromatic carbocycles. The Hall–Kier alpha value is -2.37. The zero-order chi connectivity index (χ0) is 10.4. The molecule has 0 aliphatic carbocycles. The van der Waals surface area contributed by atoms with Crippen LogP contribution in [0.3, 0.4) is 0 Å². The van der Waals surface area contributed by atoms with Crippen LogP contribution in [-0.2, 0) is 4.79 Å². The van der Waals surface area contributed by atoms with Crippen molar-refractivity contribution in [3.8, 4) is 0 Å². The molecular weight excluding hydrogens is 194 g/mol. The molecule has 0 saturated heterocycles. The highest BCUT2D eigenvalue weighted by Crippen LogP contribution is 2.18. The number of primary amides is 1. The van der Waals surface area contributed by atoms with Crippen LogP contribution in [0.5, 0.6) is 0 Å². The van der Waals surface area contributed by atoms with Gasteiger partial charge in [0.05, 0.1) is 6.20 Å². The molecule has 0 saturated carbocycles. The van der Waals surface area contributed by atoms with Gasteiger partial charge in [0, 0.05) is 5.56 Å². The molecule has 2 N–H and O–H groups in total. The number of aromatic nitrogens is 1. The average molecular weight is 199 g/mol. The molecule has 1 amide bonds. The summed E-state index contributed by atoms with van der Waals surface area (Å²) in [5, 5.41) is 0.686. The predicted octanol–water partition coefficient (Wildman–Crippen LogP) is -1.17. The number of amides is 1. The molecule has 0 fully saturated rings. The molecule has 0 unspecified atom stereocenters. The molecule has 2 aliphatic heterocycles. The van der Waals surface area contributed by atoms with E-state index < -0.39 is 5.91 Å². The second kappa shape index (κ2) is 2.57. The van der Waals surface area contributed by atoms with Crippen LogP contribution in [-0.4, -0.2) is 17.2 Å². The van der Waals surface area contributed by atoms with Crippen LogP contribution in [0.4, 0.5) is 5.69 Å². The van der Waals surface area contributed by atoms with Gasteiger partial charge in [-0.15, -0.1) is 0 Å². The smallest absolute Gasteiger partial charge is 0.267 e. The van der Waals surface area contributed by atoms with Gasteiger partial charge in [0.2, 0.25) is 0 Å². The number of fused-ring (bicyclic) bond motifs is 3. The van der Waals surface area contributed by atoms with E-state index in [1.54, 1.807) is 12.3 Å². The lowest BCUT2D eigenvalue weighted by atomic mass is 10.2. The first-order valence-electron chi connectivity index (χ1n) is 4.25. The van der Waals surface area contributed by atoms with Gasteiger partial charge in [0.1, 0.15) is 23.1 Å². The Labute approximate surface area is 83.6 Å². The van der Waals surface area contributed by atoms with Crippen LogP contribution in [0.2, 0.25) is 0 Å². The molecule has 1 aromatic rings. The van der Waals surface area contributed by atoms with E-state index in [-0.39, 0.29) is 5.70 Å². The van der Waals surface area contributed by atoms with Crippen molar-refractivity contribution in [2.45, 2.75) is 0 Å². The summed E-state index contributed by atoms with van der Waals surface area (Å²) in [6.45, 7) is 0. The SMILES string of the molecule is NC(=O)C1=Cc2c3c(cnc2=N1)=NC=N3. The van der Waals surface area contributed by atoms with E-state index >= 15 is 0 Å². The highest BCUT2D eigenvalue weighted by atomic mass is 16.1. The maximum atomic E-state index is 10.9. The van der Waals surface area contributed by atoms with Gasteiger partial charge in [0.15, 0.2) is 5.49 Å². The lowest BCUT2D eigenvalue weighted by molar-refractivity contribution is -0.114. The van der Waals surface area contributed by atoms with Gasteiger partial charge in [-0.3, -0.25) is 4.79 Å². The Balaban J connectivity index is 2.34. The molecule has 1 aromatic heterocycles. The van der Waals surface area contributed by atoms with E-state index in [0.717, 1.165) is 0 Å². The van der Waals surface area contributed by atoms with Gasteiger partial charge in [0.25, 0.3) is 5.91 Å². The highest BCUT2D eigenvalue weighted by molar-refractivity contribution is 5.98. The van der Waals surface area contributed by atoms with Crippen molar-refractivity contribution in [2.24, 2.45) is 20.7 Å². The molecule has 2 aliphatic rings. The summed E-state index contributed by atoms with van der Waals surface area (Å²) in [5.74, 6) is -0.569. The second-order valence-electron chi connectivity index (χ2n) is 3.11. The number of pyridine rings is 1. The Kier molecular flexibility index (Phi) is 1.37. The van der Waals surface area contributed by atoms with Crippen LogP contribution in [0, 0.1) is 0 Å². The number of aliphatic imine (C=N–C) groups is 1.